The van der Waals surface area contributed by atoms with Crippen molar-refractivity contribution >= 4 is 5.69 Å². The van der Waals surface area contributed by atoms with Crippen molar-refractivity contribution < 1.29 is 4.74 Å². The number of rotatable bonds is 1. The smallest absolute Gasteiger partial charge is 0.0557 e. The largest absolute Gasteiger partial charge is 0.384 e. The predicted octanol–water partition coefficient (Wildman–Crippen LogP) is 1.77. The van der Waals surface area contributed by atoms with Crippen LogP contribution in [-0.4, -0.2) is 19.8 Å². The van der Waals surface area contributed by atoms with Crippen molar-refractivity contribution in [2.24, 2.45) is 0 Å². The first-order valence-corrected chi connectivity index (χ1v) is 4.88. The number of hydrogen-bond donors (Lipinski definition) is 1. The highest BCUT2D eigenvalue weighted by atomic mass is 16.5. The zero-order valence-corrected chi connectivity index (χ0v) is 7.55. The minimum Gasteiger partial charge on any atom is -0.384 e. The third-order valence-electron chi connectivity index (χ3n) is 2.95. The Morgan fingerprint density at radius 1 is 1.31 bits per heavy atom. The van der Waals surface area contributed by atoms with Crippen molar-refractivity contribution in [3.8, 4) is 0 Å². The molecule has 2 heteroatoms. The van der Waals surface area contributed by atoms with Crippen molar-refractivity contribution in [1.29, 1.82) is 0 Å². The summed E-state index contributed by atoms with van der Waals surface area (Å²) >= 11 is 0. The van der Waals surface area contributed by atoms with E-state index in [1.54, 1.807) is 0 Å². The average molecular weight is 175 g/mol. The molecule has 0 amide bonds. The summed E-state index contributed by atoms with van der Waals surface area (Å²) in [6.45, 7) is 2.92. The van der Waals surface area contributed by atoms with Gasteiger partial charge in [0, 0.05) is 18.2 Å². The molecule has 2 nitrogen and oxygen atoms in total. The fourth-order valence-corrected chi connectivity index (χ4v) is 2.01. The molecule has 0 radical (unpaired) electrons. The maximum atomic E-state index is 5.19. The van der Waals surface area contributed by atoms with E-state index in [0.717, 1.165) is 19.8 Å². The predicted molar refractivity (Wildman–Crippen MR) is 52.2 cm³/mol. The molecule has 1 N–H and O–H groups in total. The fraction of sp³-hybridized carbons (Fsp3) is 0.455. The first-order chi connectivity index (χ1) is 6.43. The maximum absolute atomic E-state index is 5.19. The monoisotopic (exact) mass is 175 g/mol. The second-order valence-corrected chi connectivity index (χ2v) is 3.83. The summed E-state index contributed by atoms with van der Waals surface area (Å²) in [5.74, 6) is 0.658. The van der Waals surface area contributed by atoms with Crippen LogP contribution in [0, 0.1) is 0 Å². The van der Waals surface area contributed by atoms with E-state index in [0.29, 0.717) is 5.92 Å². The van der Waals surface area contributed by atoms with Gasteiger partial charge in [0.2, 0.25) is 0 Å². The normalized spacial score (nSPS) is 20.6. The van der Waals surface area contributed by atoms with E-state index in [1.807, 2.05) is 0 Å². The summed E-state index contributed by atoms with van der Waals surface area (Å²) in [4.78, 5) is 0. The summed E-state index contributed by atoms with van der Waals surface area (Å²) in [6.07, 6.45) is 1.18. The number of anilines is 1. The molecular formula is C11H13NO. The average Bonchev–Trinajstić information content (AvgIpc) is 2.47. The van der Waals surface area contributed by atoms with Gasteiger partial charge < -0.3 is 10.1 Å². The Morgan fingerprint density at radius 3 is 3.00 bits per heavy atom. The maximum Gasteiger partial charge on any atom is 0.0557 e. The zero-order valence-electron chi connectivity index (χ0n) is 7.55. The number of fused-ring (bicyclic) bond motifs is 1. The molecule has 0 aliphatic carbocycles. The van der Waals surface area contributed by atoms with Gasteiger partial charge >= 0.3 is 0 Å². The molecule has 1 aromatic carbocycles. The highest BCUT2D eigenvalue weighted by Crippen LogP contribution is 2.29. The lowest BCUT2D eigenvalue weighted by molar-refractivity contribution is 0.00841. The van der Waals surface area contributed by atoms with Gasteiger partial charge in [0.1, 0.15) is 0 Å². The van der Waals surface area contributed by atoms with Crippen LogP contribution in [0.15, 0.2) is 18.2 Å². The van der Waals surface area contributed by atoms with Crippen molar-refractivity contribution in [3.05, 3.63) is 29.3 Å². The molecule has 0 spiro atoms. The molecule has 2 aliphatic heterocycles. The van der Waals surface area contributed by atoms with Crippen LogP contribution in [0.4, 0.5) is 5.69 Å². The molecule has 68 valence electrons. The SMILES string of the molecule is c1cc2c(cc1C1COC1)CCN2. The van der Waals surface area contributed by atoms with Crippen LogP contribution in [0.5, 0.6) is 0 Å². The first kappa shape index (κ1) is 7.39. The molecule has 1 fully saturated rings. The third kappa shape index (κ3) is 1.13. The summed E-state index contributed by atoms with van der Waals surface area (Å²) in [5, 5.41) is 3.37. The Hall–Kier alpha value is -1.02. The van der Waals surface area contributed by atoms with Crippen molar-refractivity contribution in [2.75, 3.05) is 25.1 Å². The van der Waals surface area contributed by atoms with Gasteiger partial charge in [-0.15, -0.1) is 0 Å². The Kier molecular flexibility index (Phi) is 1.56. The Morgan fingerprint density at radius 2 is 2.23 bits per heavy atom. The van der Waals surface area contributed by atoms with Gasteiger partial charge in [0.25, 0.3) is 0 Å². The van der Waals surface area contributed by atoms with Crippen LogP contribution >= 0.6 is 0 Å². The molecule has 13 heavy (non-hydrogen) atoms. The standard InChI is InChI=1S/C11H13NO/c1-2-11-9(3-4-12-11)5-8(1)10-6-13-7-10/h1-2,5,10,12H,3-4,6-7H2. The van der Waals surface area contributed by atoms with Gasteiger partial charge in [-0.2, -0.15) is 0 Å². The summed E-state index contributed by atoms with van der Waals surface area (Å²) in [7, 11) is 0. The molecule has 1 aromatic rings. The Balaban J connectivity index is 1.95. The van der Waals surface area contributed by atoms with Crippen LogP contribution < -0.4 is 5.32 Å². The van der Waals surface area contributed by atoms with Crippen LogP contribution in [-0.2, 0) is 11.2 Å². The van der Waals surface area contributed by atoms with Gasteiger partial charge in [0.05, 0.1) is 13.2 Å². The second kappa shape index (κ2) is 2.74. The van der Waals surface area contributed by atoms with Gasteiger partial charge in [-0.05, 0) is 23.6 Å². The van der Waals surface area contributed by atoms with E-state index in [-0.39, 0.29) is 0 Å². The van der Waals surface area contributed by atoms with Crippen molar-refractivity contribution in [3.63, 3.8) is 0 Å². The number of benzene rings is 1. The van der Waals surface area contributed by atoms with E-state index in [9.17, 15) is 0 Å². The molecule has 0 atom stereocenters. The minimum atomic E-state index is 0.658. The lowest BCUT2D eigenvalue weighted by Gasteiger charge is -2.26. The third-order valence-corrected chi connectivity index (χ3v) is 2.95. The molecule has 0 bridgehead atoms. The zero-order chi connectivity index (χ0) is 8.67. The van der Waals surface area contributed by atoms with E-state index in [1.165, 1.54) is 23.2 Å². The molecule has 0 saturated carbocycles. The van der Waals surface area contributed by atoms with E-state index in [2.05, 4.69) is 23.5 Å². The fourth-order valence-electron chi connectivity index (χ4n) is 2.01. The Labute approximate surface area is 77.9 Å². The van der Waals surface area contributed by atoms with Crippen LogP contribution in [0.2, 0.25) is 0 Å². The summed E-state index contributed by atoms with van der Waals surface area (Å²) in [5.41, 5.74) is 4.25. The molecule has 0 aromatic heterocycles. The first-order valence-electron chi connectivity index (χ1n) is 4.88. The van der Waals surface area contributed by atoms with Gasteiger partial charge in [0.15, 0.2) is 0 Å². The topological polar surface area (TPSA) is 21.3 Å². The van der Waals surface area contributed by atoms with E-state index in [4.69, 9.17) is 4.74 Å². The van der Waals surface area contributed by atoms with Crippen LogP contribution in [0.25, 0.3) is 0 Å². The van der Waals surface area contributed by atoms with Crippen molar-refractivity contribution in [2.45, 2.75) is 12.3 Å². The lowest BCUT2D eigenvalue weighted by atomic mass is 9.95. The van der Waals surface area contributed by atoms with E-state index < -0.39 is 0 Å². The molecule has 0 unspecified atom stereocenters. The molecule has 1 saturated heterocycles. The molecule has 2 aliphatic rings. The molecule has 3 rings (SSSR count). The summed E-state index contributed by atoms with van der Waals surface area (Å²) < 4.78 is 5.19. The minimum absolute atomic E-state index is 0.658. The van der Waals surface area contributed by atoms with E-state index >= 15 is 0 Å². The van der Waals surface area contributed by atoms with Crippen molar-refractivity contribution in [1.82, 2.24) is 0 Å². The lowest BCUT2D eigenvalue weighted by Crippen LogP contribution is -2.25. The Bertz CT molecular complexity index is 331. The van der Waals surface area contributed by atoms with Crippen LogP contribution in [0.1, 0.15) is 17.0 Å². The molecular weight excluding hydrogens is 162 g/mol. The quantitative estimate of drug-likeness (QED) is 0.702. The van der Waals surface area contributed by atoms with Gasteiger partial charge in [-0.1, -0.05) is 12.1 Å². The number of hydrogen-bond acceptors (Lipinski definition) is 2. The number of ether oxygens (including phenoxy) is 1. The van der Waals surface area contributed by atoms with Gasteiger partial charge in [-0.3, -0.25) is 0 Å². The number of nitrogens with one attached hydrogen (secondary N) is 1. The van der Waals surface area contributed by atoms with Crippen LogP contribution in [0.3, 0.4) is 0 Å². The highest BCUT2D eigenvalue weighted by Gasteiger charge is 2.21. The molecule has 2 heterocycles. The second-order valence-electron chi connectivity index (χ2n) is 3.83. The van der Waals surface area contributed by atoms with Gasteiger partial charge in [-0.25, -0.2) is 0 Å². The highest BCUT2D eigenvalue weighted by molar-refractivity contribution is 5.57. The summed E-state index contributed by atoms with van der Waals surface area (Å²) in [6, 6.07) is 6.77.